The van der Waals surface area contributed by atoms with Crippen molar-refractivity contribution in [2.75, 3.05) is 38.1 Å². The number of methoxy groups -OCH3 is 2. The van der Waals surface area contributed by atoms with E-state index >= 15 is 0 Å². The molecule has 0 aromatic heterocycles. The smallest absolute Gasteiger partial charge is 0.239 e. The molecule has 8 nitrogen and oxygen atoms in total. The number of amides is 2. The fraction of sp³-hybridized carbons (Fsp3) is 0.556. The molecule has 0 aliphatic carbocycles. The predicted molar refractivity (Wildman–Crippen MR) is 102 cm³/mol. The molecule has 1 fully saturated rings. The van der Waals surface area contributed by atoms with E-state index in [4.69, 9.17) is 9.47 Å². The Labute approximate surface area is 159 Å². The average Bonchev–Trinajstić information content (AvgIpc) is 3.00. The van der Waals surface area contributed by atoms with Gasteiger partial charge in [0.25, 0.3) is 0 Å². The van der Waals surface area contributed by atoms with Crippen LogP contribution < -0.4 is 14.8 Å². The van der Waals surface area contributed by atoms with Gasteiger partial charge in [0.1, 0.15) is 16.9 Å². The first-order valence-corrected chi connectivity index (χ1v) is 10.3. The number of anilines is 1. The summed E-state index contributed by atoms with van der Waals surface area (Å²) in [6.45, 7) is 3.03. The summed E-state index contributed by atoms with van der Waals surface area (Å²) in [6, 6.07) is 4.51. The monoisotopic (exact) mass is 398 g/mol. The summed E-state index contributed by atoms with van der Waals surface area (Å²) in [5.74, 6) is 0.0197. The molecule has 9 heteroatoms. The standard InChI is InChI=1S/C18H26N2O6S/c1-18(2,17(22)20(3)12-8-9-27(23,24)11-12)16(21)19-14-7-6-13(25-4)10-15(14)26-5/h6-7,10,12H,8-9,11H2,1-5H3,(H,19,21). The molecule has 1 atom stereocenters. The third-order valence-electron chi connectivity index (χ3n) is 4.84. The van der Waals surface area contributed by atoms with Gasteiger partial charge in [-0.15, -0.1) is 0 Å². The lowest BCUT2D eigenvalue weighted by atomic mass is 9.89. The van der Waals surface area contributed by atoms with E-state index in [2.05, 4.69) is 5.32 Å². The van der Waals surface area contributed by atoms with Crippen LogP contribution in [0.5, 0.6) is 11.5 Å². The van der Waals surface area contributed by atoms with E-state index < -0.39 is 33.1 Å². The Hall–Kier alpha value is -2.29. The van der Waals surface area contributed by atoms with Gasteiger partial charge in [-0.05, 0) is 32.4 Å². The lowest BCUT2D eigenvalue weighted by Gasteiger charge is -2.31. The molecule has 1 aliphatic heterocycles. The van der Waals surface area contributed by atoms with Crippen LogP contribution in [0.3, 0.4) is 0 Å². The average molecular weight is 398 g/mol. The fourth-order valence-corrected chi connectivity index (χ4v) is 4.74. The van der Waals surface area contributed by atoms with Crippen molar-refractivity contribution in [2.24, 2.45) is 5.41 Å². The van der Waals surface area contributed by atoms with Gasteiger partial charge in [0.2, 0.25) is 11.8 Å². The van der Waals surface area contributed by atoms with Crippen LogP contribution in [0.25, 0.3) is 0 Å². The highest BCUT2D eigenvalue weighted by Crippen LogP contribution is 2.31. The van der Waals surface area contributed by atoms with E-state index in [-0.39, 0.29) is 11.5 Å². The number of nitrogens with zero attached hydrogens (tertiary/aromatic N) is 1. The molecule has 27 heavy (non-hydrogen) atoms. The maximum absolute atomic E-state index is 12.9. The summed E-state index contributed by atoms with van der Waals surface area (Å²) in [4.78, 5) is 27.0. The van der Waals surface area contributed by atoms with Gasteiger partial charge in [-0.3, -0.25) is 9.59 Å². The molecule has 1 heterocycles. The maximum Gasteiger partial charge on any atom is 0.239 e. The number of carbonyl (C=O) groups is 2. The molecule has 1 N–H and O–H groups in total. The molecular weight excluding hydrogens is 372 g/mol. The van der Waals surface area contributed by atoms with Gasteiger partial charge in [-0.25, -0.2) is 8.42 Å². The number of carbonyl (C=O) groups excluding carboxylic acids is 2. The van der Waals surface area contributed by atoms with Gasteiger partial charge in [0.05, 0.1) is 31.4 Å². The van der Waals surface area contributed by atoms with E-state index in [1.54, 1.807) is 18.2 Å². The van der Waals surface area contributed by atoms with Crippen LogP contribution in [0, 0.1) is 5.41 Å². The zero-order chi connectivity index (χ0) is 20.4. The van der Waals surface area contributed by atoms with Gasteiger partial charge in [-0.2, -0.15) is 0 Å². The van der Waals surface area contributed by atoms with Crippen molar-refractivity contribution < 1.29 is 27.5 Å². The van der Waals surface area contributed by atoms with Crippen LogP contribution in [0.4, 0.5) is 5.69 Å². The highest BCUT2D eigenvalue weighted by atomic mass is 32.2. The van der Waals surface area contributed by atoms with E-state index in [1.165, 1.54) is 40.0 Å². The second kappa shape index (κ2) is 7.75. The Kier molecular flexibility index (Phi) is 6.04. The molecule has 1 unspecified atom stereocenters. The second-order valence-corrected chi connectivity index (χ2v) is 9.35. The van der Waals surface area contributed by atoms with E-state index in [1.807, 2.05) is 0 Å². The van der Waals surface area contributed by atoms with Crippen molar-refractivity contribution in [3.05, 3.63) is 18.2 Å². The van der Waals surface area contributed by atoms with Gasteiger partial charge < -0.3 is 19.7 Å². The normalized spacial score (nSPS) is 18.6. The van der Waals surface area contributed by atoms with Gasteiger partial charge in [-0.1, -0.05) is 0 Å². The van der Waals surface area contributed by atoms with Crippen LogP contribution in [0.2, 0.25) is 0 Å². The van der Waals surface area contributed by atoms with Crippen molar-refractivity contribution in [1.29, 1.82) is 0 Å². The SMILES string of the molecule is COc1ccc(NC(=O)C(C)(C)C(=O)N(C)C2CCS(=O)(=O)C2)c(OC)c1. The van der Waals surface area contributed by atoms with Gasteiger partial charge in [0.15, 0.2) is 9.84 Å². The summed E-state index contributed by atoms with van der Waals surface area (Å²) >= 11 is 0. The summed E-state index contributed by atoms with van der Waals surface area (Å²) in [7, 11) is 1.40. The molecule has 0 radical (unpaired) electrons. The van der Waals surface area contributed by atoms with E-state index in [9.17, 15) is 18.0 Å². The number of nitrogens with one attached hydrogen (secondary N) is 1. The summed E-state index contributed by atoms with van der Waals surface area (Å²) < 4.78 is 33.7. The number of benzene rings is 1. The van der Waals surface area contributed by atoms with Crippen molar-refractivity contribution >= 4 is 27.3 Å². The van der Waals surface area contributed by atoms with E-state index in [0.717, 1.165) is 0 Å². The van der Waals surface area contributed by atoms with Crippen LogP contribution in [-0.2, 0) is 19.4 Å². The van der Waals surface area contributed by atoms with Gasteiger partial charge >= 0.3 is 0 Å². The molecule has 2 amide bonds. The molecule has 0 spiro atoms. The number of rotatable bonds is 6. The van der Waals surface area contributed by atoms with Crippen molar-refractivity contribution in [3.63, 3.8) is 0 Å². The number of ether oxygens (including phenoxy) is 2. The minimum absolute atomic E-state index is 0.0605. The topological polar surface area (TPSA) is 102 Å². The zero-order valence-electron chi connectivity index (χ0n) is 16.2. The largest absolute Gasteiger partial charge is 0.497 e. The Bertz CT molecular complexity index is 834. The third-order valence-corrected chi connectivity index (χ3v) is 6.59. The first kappa shape index (κ1) is 21.0. The molecule has 0 bridgehead atoms. The maximum atomic E-state index is 12.9. The van der Waals surface area contributed by atoms with Crippen LogP contribution >= 0.6 is 0 Å². The van der Waals surface area contributed by atoms with Gasteiger partial charge in [0, 0.05) is 19.2 Å². The molecule has 1 aromatic rings. The quantitative estimate of drug-likeness (QED) is 0.725. The number of sulfone groups is 1. The molecule has 150 valence electrons. The first-order chi connectivity index (χ1) is 12.5. The number of hydrogen-bond donors (Lipinski definition) is 1. The van der Waals surface area contributed by atoms with Crippen LogP contribution in [0.15, 0.2) is 18.2 Å². The third kappa shape index (κ3) is 4.52. The minimum Gasteiger partial charge on any atom is -0.497 e. The Morgan fingerprint density at radius 3 is 2.41 bits per heavy atom. The Balaban J connectivity index is 2.15. The highest BCUT2D eigenvalue weighted by Gasteiger charge is 2.42. The molecule has 0 saturated carbocycles. The predicted octanol–water partition coefficient (Wildman–Crippen LogP) is 1.31. The van der Waals surface area contributed by atoms with Crippen molar-refractivity contribution in [1.82, 2.24) is 4.90 Å². The van der Waals surface area contributed by atoms with Crippen molar-refractivity contribution in [2.45, 2.75) is 26.3 Å². The molecule has 2 rings (SSSR count). The highest BCUT2D eigenvalue weighted by molar-refractivity contribution is 7.91. The lowest BCUT2D eigenvalue weighted by molar-refractivity contribution is -0.146. The molecule has 1 aromatic carbocycles. The van der Waals surface area contributed by atoms with Crippen molar-refractivity contribution in [3.8, 4) is 11.5 Å². The summed E-state index contributed by atoms with van der Waals surface area (Å²) in [6.07, 6.45) is 0.384. The minimum atomic E-state index is -3.13. The Morgan fingerprint density at radius 2 is 1.89 bits per heavy atom. The molecular formula is C18H26N2O6S. The Morgan fingerprint density at radius 1 is 1.22 bits per heavy atom. The summed E-state index contributed by atoms with van der Waals surface area (Å²) in [5, 5.41) is 2.71. The fourth-order valence-electron chi connectivity index (χ4n) is 2.97. The lowest BCUT2D eigenvalue weighted by Crippen LogP contribution is -2.49. The van der Waals surface area contributed by atoms with Crippen LogP contribution in [-0.4, -0.2) is 63.9 Å². The first-order valence-electron chi connectivity index (χ1n) is 8.53. The zero-order valence-corrected chi connectivity index (χ0v) is 17.1. The molecule has 1 aliphatic rings. The molecule has 1 saturated heterocycles. The second-order valence-electron chi connectivity index (χ2n) is 7.12. The summed E-state index contributed by atoms with van der Waals surface area (Å²) in [5.41, 5.74) is -0.971. The van der Waals surface area contributed by atoms with E-state index in [0.29, 0.717) is 23.6 Å². The van der Waals surface area contributed by atoms with Crippen LogP contribution in [0.1, 0.15) is 20.3 Å². The number of hydrogen-bond acceptors (Lipinski definition) is 6.